The first-order chi connectivity index (χ1) is 9.15. The highest BCUT2D eigenvalue weighted by Crippen LogP contribution is 2.15. The normalized spacial score (nSPS) is 26.2. The summed E-state index contributed by atoms with van der Waals surface area (Å²) in [5, 5.41) is 5.90. The number of nitrogens with zero attached hydrogens (tertiary/aromatic N) is 2. The summed E-state index contributed by atoms with van der Waals surface area (Å²) in [4.78, 5) is 28.3. The largest absolute Gasteiger partial charge is 0.358 e. The summed E-state index contributed by atoms with van der Waals surface area (Å²) in [6.45, 7) is 5.81. The predicted molar refractivity (Wildman–Crippen MR) is 72.7 cm³/mol. The predicted octanol–water partition coefficient (Wildman–Crippen LogP) is -0.983. The maximum atomic E-state index is 12.4. The summed E-state index contributed by atoms with van der Waals surface area (Å²) in [5.41, 5.74) is 0. The van der Waals surface area contributed by atoms with Crippen molar-refractivity contribution in [2.45, 2.75) is 31.8 Å². The second kappa shape index (κ2) is 6.34. The average molecular weight is 268 g/mol. The SMILES string of the molecule is CNC(=O)C1CNCCN1C(C)C(=O)N1CCCC1. The summed E-state index contributed by atoms with van der Waals surface area (Å²) in [7, 11) is 1.64. The van der Waals surface area contributed by atoms with Crippen LogP contribution < -0.4 is 10.6 Å². The molecule has 0 saturated carbocycles. The minimum atomic E-state index is -0.250. The number of piperazine rings is 1. The molecule has 2 aliphatic rings. The van der Waals surface area contributed by atoms with E-state index in [-0.39, 0.29) is 23.9 Å². The van der Waals surface area contributed by atoms with E-state index in [1.54, 1.807) is 7.05 Å². The number of likely N-dealkylation sites (tertiary alicyclic amines) is 1. The molecule has 2 atom stereocenters. The summed E-state index contributed by atoms with van der Waals surface area (Å²) < 4.78 is 0. The van der Waals surface area contributed by atoms with Gasteiger partial charge in [-0.2, -0.15) is 0 Å². The molecule has 0 aromatic rings. The monoisotopic (exact) mass is 268 g/mol. The van der Waals surface area contributed by atoms with E-state index in [0.29, 0.717) is 6.54 Å². The molecular formula is C13H24N4O2. The molecule has 2 amide bonds. The number of carbonyl (C=O) groups excluding carboxylic acids is 2. The lowest BCUT2D eigenvalue weighted by Crippen LogP contribution is -2.62. The molecule has 0 radical (unpaired) electrons. The van der Waals surface area contributed by atoms with Crippen molar-refractivity contribution in [3.63, 3.8) is 0 Å². The molecule has 2 fully saturated rings. The zero-order valence-electron chi connectivity index (χ0n) is 11.8. The molecular weight excluding hydrogens is 244 g/mol. The first-order valence-electron chi connectivity index (χ1n) is 7.12. The minimum Gasteiger partial charge on any atom is -0.358 e. The molecule has 0 aliphatic carbocycles. The van der Waals surface area contributed by atoms with Crippen LogP contribution in [0.2, 0.25) is 0 Å². The summed E-state index contributed by atoms with van der Waals surface area (Å²) in [6, 6.07) is -0.470. The van der Waals surface area contributed by atoms with Gasteiger partial charge >= 0.3 is 0 Å². The van der Waals surface area contributed by atoms with Crippen LogP contribution in [0.1, 0.15) is 19.8 Å². The first kappa shape index (κ1) is 14.3. The van der Waals surface area contributed by atoms with E-state index in [9.17, 15) is 9.59 Å². The van der Waals surface area contributed by atoms with Gasteiger partial charge in [-0.15, -0.1) is 0 Å². The molecule has 0 aromatic heterocycles. The Hall–Kier alpha value is -1.14. The zero-order valence-corrected chi connectivity index (χ0v) is 11.8. The number of carbonyl (C=O) groups is 2. The topological polar surface area (TPSA) is 64.7 Å². The van der Waals surface area contributed by atoms with Gasteiger partial charge in [0.15, 0.2) is 0 Å². The van der Waals surface area contributed by atoms with Crippen LogP contribution in [0, 0.1) is 0 Å². The van der Waals surface area contributed by atoms with Crippen LogP contribution in [0.15, 0.2) is 0 Å². The second-order valence-corrected chi connectivity index (χ2v) is 5.28. The molecule has 0 spiro atoms. The molecule has 2 aliphatic heterocycles. The van der Waals surface area contributed by atoms with Gasteiger partial charge in [-0.3, -0.25) is 14.5 Å². The molecule has 2 rings (SSSR count). The molecule has 0 bridgehead atoms. The summed E-state index contributed by atoms with van der Waals surface area (Å²) in [6.07, 6.45) is 2.19. The van der Waals surface area contributed by atoms with Crippen molar-refractivity contribution in [3.8, 4) is 0 Å². The molecule has 6 heteroatoms. The van der Waals surface area contributed by atoms with E-state index in [2.05, 4.69) is 10.6 Å². The Bertz CT molecular complexity index is 342. The standard InChI is InChI=1S/C13H24N4O2/c1-10(13(19)16-6-3-4-7-16)17-8-5-15-9-11(17)12(18)14-2/h10-11,15H,3-9H2,1-2H3,(H,14,18). The number of amides is 2. The molecule has 108 valence electrons. The molecule has 2 saturated heterocycles. The lowest BCUT2D eigenvalue weighted by Gasteiger charge is -2.39. The Kier molecular flexibility index (Phi) is 4.76. The fourth-order valence-electron chi connectivity index (χ4n) is 2.94. The van der Waals surface area contributed by atoms with Crippen molar-refractivity contribution in [1.82, 2.24) is 20.4 Å². The van der Waals surface area contributed by atoms with Crippen LogP contribution in [0.25, 0.3) is 0 Å². The third-order valence-corrected chi connectivity index (χ3v) is 4.11. The average Bonchev–Trinajstić information content (AvgIpc) is 2.99. The van der Waals surface area contributed by atoms with Gasteiger partial charge in [0, 0.05) is 39.8 Å². The fraction of sp³-hybridized carbons (Fsp3) is 0.846. The van der Waals surface area contributed by atoms with Crippen molar-refractivity contribution < 1.29 is 9.59 Å². The van der Waals surface area contributed by atoms with E-state index in [4.69, 9.17) is 0 Å². The van der Waals surface area contributed by atoms with E-state index >= 15 is 0 Å². The molecule has 0 aromatic carbocycles. The van der Waals surface area contributed by atoms with Crippen LogP contribution in [0.4, 0.5) is 0 Å². The fourth-order valence-corrected chi connectivity index (χ4v) is 2.94. The van der Waals surface area contributed by atoms with E-state index < -0.39 is 0 Å². The highest BCUT2D eigenvalue weighted by atomic mass is 16.2. The van der Waals surface area contributed by atoms with Crippen LogP contribution in [-0.4, -0.2) is 73.5 Å². The molecule has 2 heterocycles. The smallest absolute Gasteiger partial charge is 0.239 e. The van der Waals surface area contributed by atoms with Gasteiger partial charge in [0.2, 0.25) is 11.8 Å². The Morgan fingerprint density at radius 1 is 1.26 bits per heavy atom. The van der Waals surface area contributed by atoms with Gasteiger partial charge in [0.25, 0.3) is 0 Å². The summed E-state index contributed by atoms with van der Waals surface area (Å²) in [5.74, 6) is 0.140. The number of likely N-dealkylation sites (N-methyl/N-ethyl adjacent to an activating group) is 1. The quantitative estimate of drug-likeness (QED) is 0.690. The summed E-state index contributed by atoms with van der Waals surface area (Å²) >= 11 is 0. The number of hydrogen-bond acceptors (Lipinski definition) is 4. The Morgan fingerprint density at radius 2 is 1.95 bits per heavy atom. The first-order valence-corrected chi connectivity index (χ1v) is 7.12. The van der Waals surface area contributed by atoms with Crippen molar-refractivity contribution in [2.75, 3.05) is 39.8 Å². The Morgan fingerprint density at radius 3 is 2.58 bits per heavy atom. The van der Waals surface area contributed by atoms with Gasteiger partial charge < -0.3 is 15.5 Å². The maximum Gasteiger partial charge on any atom is 0.239 e. The van der Waals surface area contributed by atoms with Crippen molar-refractivity contribution >= 4 is 11.8 Å². The van der Waals surface area contributed by atoms with Gasteiger partial charge in [-0.25, -0.2) is 0 Å². The van der Waals surface area contributed by atoms with Crippen molar-refractivity contribution in [2.24, 2.45) is 0 Å². The highest BCUT2D eigenvalue weighted by Gasteiger charge is 2.36. The maximum absolute atomic E-state index is 12.4. The Labute approximate surface area is 114 Å². The number of nitrogens with one attached hydrogen (secondary N) is 2. The van der Waals surface area contributed by atoms with E-state index in [1.807, 2.05) is 16.7 Å². The van der Waals surface area contributed by atoms with Crippen LogP contribution in [0.3, 0.4) is 0 Å². The second-order valence-electron chi connectivity index (χ2n) is 5.28. The van der Waals surface area contributed by atoms with E-state index in [0.717, 1.165) is 39.0 Å². The lowest BCUT2D eigenvalue weighted by molar-refractivity contribution is -0.139. The number of hydrogen-bond donors (Lipinski definition) is 2. The van der Waals surface area contributed by atoms with Gasteiger partial charge in [-0.05, 0) is 19.8 Å². The molecule has 2 N–H and O–H groups in total. The third kappa shape index (κ3) is 3.06. The third-order valence-electron chi connectivity index (χ3n) is 4.11. The van der Waals surface area contributed by atoms with E-state index in [1.165, 1.54) is 0 Å². The van der Waals surface area contributed by atoms with Gasteiger partial charge in [-0.1, -0.05) is 0 Å². The van der Waals surface area contributed by atoms with Crippen LogP contribution in [-0.2, 0) is 9.59 Å². The highest BCUT2D eigenvalue weighted by molar-refractivity contribution is 5.85. The van der Waals surface area contributed by atoms with Crippen molar-refractivity contribution in [3.05, 3.63) is 0 Å². The molecule has 6 nitrogen and oxygen atoms in total. The van der Waals surface area contributed by atoms with Crippen molar-refractivity contribution in [1.29, 1.82) is 0 Å². The molecule has 19 heavy (non-hydrogen) atoms. The molecule has 2 unspecified atom stereocenters. The Balaban J connectivity index is 2.03. The lowest BCUT2D eigenvalue weighted by atomic mass is 10.1. The van der Waals surface area contributed by atoms with Crippen LogP contribution in [0.5, 0.6) is 0 Å². The van der Waals surface area contributed by atoms with Gasteiger partial charge in [0.1, 0.15) is 6.04 Å². The van der Waals surface area contributed by atoms with Crippen LogP contribution >= 0.6 is 0 Å². The zero-order chi connectivity index (χ0) is 13.8. The van der Waals surface area contributed by atoms with Gasteiger partial charge in [0.05, 0.1) is 6.04 Å². The minimum absolute atomic E-state index is 0.0201. The number of rotatable bonds is 3.